The van der Waals surface area contributed by atoms with Crippen LogP contribution in [0.5, 0.6) is 11.6 Å². The van der Waals surface area contributed by atoms with Gasteiger partial charge in [0.2, 0.25) is 5.88 Å². The van der Waals surface area contributed by atoms with Crippen LogP contribution in [0.15, 0.2) is 30.6 Å². The molecule has 2 aromatic rings. The van der Waals surface area contributed by atoms with Crippen LogP contribution in [-0.4, -0.2) is 30.2 Å². The summed E-state index contributed by atoms with van der Waals surface area (Å²) in [5.74, 6) is 2.07. The quantitative estimate of drug-likeness (QED) is 0.618. The molecule has 0 radical (unpaired) electrons. The van der Waals surface area contributed by atoms with Crippen LogP contribution in [0, 0.1) is 6.92 Å². The van der Waals surface area contributed by atoms with E-state index in [9.17, 15) is 0 Å². The first-order valence-electron chi connectivity index (χ1n) is 6.28. The third-order valence-electron chi connectivity index (χ3n) is 2.75. The van der Waals surface area contributed by atoms with Crippen molar-refractivity contribution in [3.8, 4) is 11.6 Å². The van der Waals surface area contributed by atoms with Gasteiger partial charge in [-0.25, -0.2) is 9.97 Å². The van der Waals surface area contributed by atoms with Crippen LogP contribution < -0.4 is 20.5 Å². The molecule has 0 saturated heterocycles. The van der Waals surface area contributed by atoms with E-state index in [-0.39, 0.29) is 0 Å². The fourth-order valence-electron chi connectivity index (χ4n) is 1.76. The number of nitrogen functional groups attached to an aromatic ring is 1. The topological polar surface area (TPSA) is 82.3 Å². The fourth-order valence-corrected chi connectivity index (χ4v) is 1.76. The van der Waals surface area contributed by atoms with Gasteiger partial charge in [0.25, 0.3) is 0 Å². The van der Waals surface area contributed by atoms with Gasteiger partial charge >= 0.3 is 0 Å². The van der Waals surface area contributed by atoms with Crippen molar-refractivity contribution in [3.05, 3.63) is 36.2 Å². The van der Waals surface area contributed by atoms with Crippen molar-refractivity contribution in [1.82, 2.24) is 9.97 Å². The SMILES string of the molecule is COc1ncnc(NCCOc2cccc(N)c2)c1C. The molecule has 6 heteroatoms. The maximum atomic E-state index is 5.68. The maximum Gasteiger partial charge on any atom is 0.221 e. The molecule has 1 aromatic heterocycles. The lowest BCUT2D eigenvalue weighted by Crippen LogP contribution is -2.13. The number of anilines is 2. The predicted molar refractivity (Wildman–Crippen MR) is 78.2 cm³/mol. The van der Waals surface area contributed by atoms with Gasteiger partial charge in [0.05, 0.1) is 19.2 Å². The first kappa shape index (κ1) is 13.9. The number of ether oxygens (including phenoxy) is 2. The standard InChI is InChI=1S/C14H18N4O2/c1-10-13(17-9-18-14(10)19-2)16-6-7-20-12-5-3-4-11(15)8-12/h3-5,8-9H,6-7,15H2,1-2H3,(H,16,17,18). The normalized spacial score (nSPS) is 10.1. The lowest BCUT2D eigenvalue weighted by atomic mass is 10.3. The Morgan fingerprint density at radius 1 is 1.30 bits per heavy atom. The number of nitrogens with one attached hydrogen (secondary N) is 1. The highest BCUT2D eigenvalue weighted by molar-refractivity contribution is 5.47. The number of nitrogens with two attached hydrogens (primary N) is 1. The second-order valence-corrected chi connectivity index (χ2v) is 4.20. The number of nitrogens with zero attached hydrogens (tertiary/aromatic N) is 2. The van der Waals surface area contributed by atoms with Gasteiger partial charge in [-0.15, -0.1) is 0 Å². The molecule has 0 saturated carbocycles. The summed E-state index contributed by atoms with van der Waals surface area (Å²) in [4.78, 5) is 8.19. The van der Waals surface area contributed by atoms with Crippen molar-refractivity contribution in [2.75, 3.05) is 31.3 Å². The molecular weight excluding hydrogens is 256 g/mol. The smallest absolute Gasteiger partial charge is 0.221 e. The van der Waals surface area contributed by atoms with E-state index in [0.717, 1.165) is 17.1 Å². The molecule has 0 aliphatic carbocycles. The highest BCUT2D eigenvalue weighted by Crippen LogP contribution is 2.19. The molecular formula is C14H18N4O2. The third-order valence-corrected chi connectivity index (χ3v) is 2.75. The molecule has 0 bridgehead atoms. The molecule has 1 heterocycles. The van der Waals surface area contributed by atoms with E-state index in [2.05, 4.69) is 15.3 Å². The molecule has 0 amide bonds. The summed E-state index contributed by atoms with van der Waals surface area (Å²) in [6.45, 7) is 3.03. The Labute approximate surface area is 118 Å². The second-order valence-electron chi connectivity index (χ2n) is 4.20. The Bertz CT molecular complexity index is 575. The maximum absolute atomic E-state index is 5.68. The van der Waals surface area contributed by atoms with Crippen molar-refractivity contribution < 1.29 is 9.47 Å². The first-order chi connectivity index (χ1) is 9.70. The minimum Gasteiger partial charge on any atom is -0.492 e. The average Bonchev–Trinajstić information content (AvgIpc) is 2.45. The van der Waals surface area contributed by atoms with Gasteiger partial charge in [-0.1, -0.05) is 6.07 Å². The van der Waals surface area contributed by atoms with E-state index in [1.54, 1.807) is 13.2 Å². The minimum atomic E-state index is 0.509. The summed E-state index contributed by atoms with van der Waals surface area (Å²) < 4.78 is 10.7. The van der Waals surface area contributed by atoms with Crippen LogP contribution in [0.1, 0.15) is 5.56 Å². The van der Waals surface area contributed by atoms with Crippen molar-refractivity contribution in [3.63, 3.8) is 0 Å². The zero-order chi connectivity index (χ0) is 14.4. The lowest BCUT2D eigenvalue weighted by molar-refractivity contribution is 0.333. The van der Waals surface area contributed by atoms with Crippen LogP contribution in [0.2, 0.25) is 0 Å². The molecule has 0 spiro atoms. The zero-order valence-electron chi connectivity index (χ0n) is 11.6. The summed E-state index contributed by atoms with van der Waals surface area (Å²) in [7, 11) is 1.59. The van der Waals surface area contributed by atoms with Crippen LogP contribution in [0.25, 0.3) is 0 Å². The molecule has 6 nitrogen and oxygen atoms in total. The summed E-state index contributed by atoms with van der Waals surface area (Å²) in [5, 5.41) is 3.19. The predicted octanol–water partition coefficient (Wildman–Crippen LogP) is 1.87. The Hall–Kier alpha value is -2.50. The van der Waals surface area contributed by atoms with Gasteiger partial charge in [0, 0.05) is 11.8 Å². The van der Waals surface area contributed by atoms with Crippen molar-refractivity contribution in [2.24, 2.45) is 0 Å². The molecule has 0 atom stereocenters. The van der Waals surface area contributed by atoms with Gasteiger partial charge < -0.3 is 20.5 Å². The van der Waals surface area contributed by atoms with E-state index < -0.39 is 0 Å². The lowest BCUT2D eigenvalue weighted by Gasteiger charge is -2.11. The zero-order valence-corrected chi connectivity index (χ0v) is 11.6. The van der Waals surface area contributed by atoms with Crippen LogP contribution >= 0.6 is 0 Å². The number of hydrogen-bond acceptors (Lipinski definition) is 6. The van der Waals surface area contributed by atoms with Crippen LogP contribution in [0.3, 0.4) is 0 Å². The third kappa shape index (κ3) is 3.50. The summed E-state index contributed by atoms with van der Waals surface area (Å²) in [6.07, 6.45) is 1.47. The number of hydrogen-bond donors (Lipinski definition) is 2. The molecule has 0 unspecified atom stereocenters. The monoisotopic (exact) mass is 274 g/mol. The molecule has 20 heavy (non-hydrogen) atoms. The molecule has 106 valence electrons. The van der Waals surface area contributed by atoms with Gasteiger partial charge in [0.15, 0.2) is 0 Å². The van der Waals surface area contributed by atoms with E-state index in [0.29, 0.717) is 24.7 Å². The Morgan fingerprint density at radius 2 is 2.15 bits per heavy atom. The highest BCUT2D eigenvalue weighted by Gasteiger charge is 2.06. The number of benzene rings is 1. The minimum absolute atomic E-state index is 0.509. The average molecular weight is 274 g/mol. The van der Waals surface area contributed by atoms with Crippen LogP contribution in [-0.2, 0) is 0 Å². The Morgan fingerprint density at radius 3 is 2.90 bits per heavy atom. The van der Waals surface area contributed by atoms with E-state index in [1.165, 1.54) is 6.33 Å². The molecule has 0 fully saturated rings. The fraction of sp³-hybridized carbons (Fsp3) is 0.286. The van der Waals surface area contributed by atoms with Gasteiger partial charge in [-0.05, 0) is 19.1 Å². The van der Waals surface area contributed by atoms with Crippen LogP contribution in [0.4, 0.5) is 11.5 Å². The number of rotatable bonds is 6. The van der Waals surface area contributed by atoms with Crippen molar-refractivity contribution >= 4 is 11.5 Å². The summed E-state index contributed by atoms with van der Waals surface area (Å²) in [5.41, 5.74) is 7.24. The molecule has 0 aliphatic rings. The summed E-state index contributed by atoms with van der Waals surface area (Å²) >= 11 is 0. The first-order valence-corrected chi connectivity index (χ1v) is 6.28. The number of aromatic nitrogens is 2. The Balaban J connectivity index is 1.84. The van der Waals surface area contributed by atoms with Crippen molar-refractivity contribution in [1.29, 1.82) is 0 Å². The molecule has 3 N–H and O–H groups in total. The van der Waals surface area contributed by atoms with Crippen molar-refractivity contribution in [2.45, 2.75) is 6.92 Å². The van der Waals surface area contributed by atoms with E-state index >= 15 is 0 Å². The molecule has 1 aromatic carbocycles. The molecule has 0 aliphatic heterocycles. The van der Waals surface area contributed by atoms with Gasteiger partial charge in [-0.2, -0.15) is 0 Å². The van der Waals surface area contributed by atoms with Gasteiger partial charge in [-0.3, -0.25) is 0 Å². The van der Waals surface area contributed by atoms with E-state index in [4.69, 9.17) is 15.2 Å². The molecule has 2 rings (SSSR count). The summed E-state index contributed by atoms with van der Waals surface area (Å²) in [6, 6.07) is 7.34. The highest BCUT2D eigenvalue weighted by atomic mass is 16.5. The number of methoxy groups -OCH3 is 1. The van der Waals surface area contributed by atoms with Gasteiger partial charge in [0.1, 0.15) is 24.5 Å². The Kier molecular flexibility index (Phi) is 4.60. The largest absolute Gasteiger partial charge is 0.492 e. The second kappa shape index (κ2) is 6.60. The van der Waals surface area contributed by atoms with E-state index in [1.807, 2.05) is 25.1 Å².